The van der Waals surface area contributed by atoms with Gasteiger partial charge in [-0.3, -0.25) is 4.90 Å². The van der Waals surface area contributed by atoms with E-state index in [4.69, 9.17) is 5.11 Å². The predicted octanol–water partition coefficient (Wildman–Crippen LogP) is 3.02. The average Bonchev–Trinajstić information content (AvgIpc) is 2.97. The first-order valence-electron chi connectivity index (χ1n) is 7.43. The lowest BCUT2D eigenvalue weighted by molar-refractivity contribution is -0.131. The van der Waals surface area contributed by atoms with Crippen molar-refractivity contribution in [3.63, 3.8) is 0 Å². The average molecular weight is 271 g/mol. The van der Waals surface area contributed by atoms with Crippen LogP contribution in [0, 0.1) is 11.8 Å². The Morgan fingerprint density at radius 1 is 1.30 bits per heavy atom. The Labute approximate surface area is 119 Å². The standard InChI is InChI=1S/C17H21NO2/c19-17(20)8-7-13-3-1-4-14(9-13)10-18-11-15-5-2-6-16(15)12-18/h1,3-4,7-9,15-16H,2,5-6,10-12H2,(H,19,20)/b8-7+. The summed E-state index contributed by atoms with van der Waals surface area (Å²) in [6, 6.07) is 8.18. The third-order valence-corrected chi connectivity index (χ3v) is 4.58. The normalized spacial score (nSPS) is 26.2. The number of fused-ring (bicyclic) bond motifs is 1. The van der Waals surface area contributed by atoms with Crippen molar-refractivity contribution in [1.29, 1.82) is 0 Å². The highest BCUT2D eigenvalue weighted by molar-refractivity contribution is 5.85. The summed E-state index contributed by atoms with van der Waals surface area (Å²) in [5.41, 5.74) is 2.24. The van der Waals surface area contributed by atoms with E-state index in [9.17, 15) is 4.79 Å². The smallest absolute Gasteiger partial charge is 0.328 e. The summed E-state index contributed by atoms with van der Waals surface area (Å²) in [7, 11) is 0. The van der Waals surface area contributed by atoms with Gasteiger partial charge in [-0.1, -0.05) is 30.7 Å². The van der Waals surface area contributed by atoms with E-state index < -0.39 is 5.97 Å². The van der Waals surface area contributed by atoms with E-state index in [1.807, 2.05) is 12.1 Å². The van der Waals surface area contributed by atoms with Crippen LogP contribution in [0.1, 0.15) is 30.4 Å². The van der Waals surface area contributed by atoms with E-state index in [1.54, 1.807) is 6.08 Å². The summed E-state index contributed by atoms with van der Waals surface area (Å²) < 4.78 is 0. The van der Waals surface area contributed by atoms with Crippen LogP contribution in [0.25, 0.3) is 6.08 Å². The van der Waals surface area contributed by atoms with Gasteiger partial charge in [-0.05, 0) is 41.9 Å². The molecule has 0 bridgehead atoms. The van der Waals surface area contributed by atoms with Gasteiger partial charge < -0.3 is 5.11 Å². The molecule has 3 nitrogen and oxygen atoms in total. The van der Waals surface area contributed by atoms with E-state index in [2.05, 4.69) is 17.0 Å². The van der Waals surface area contributed by atoms with Gasteiger partial charge in [0.1, 0.15) is 0 Å². The van der Waals surface area contributed by atoms with Crippen molar-refractivity contribution in [3.05, 3.63) is 41.5 Å². The molecule has 2 atom stereocenters. The number of hydrogen-bond donors (Lipinski definition) is 1. The topological polar surface area (TPSA) is 40.5 Å². The first-order valence-corrected chi connectivity index (χ1v) is 7.43. The van der Waals surface area contributed by atoms with E-state index in [0.717, 1.165) is 23.9 Å². The molecule has 0 spiro atoms. The maximum atomic E-state index is 10.6. The largest absolute Gasteiger partial charge is 0.478 e. The van der Waals surface area contributed by atoms with E-state index in [0.29, 0.717) is 0 Å². The predicted molar refractivity (Wildman–Crippen MR) is 79.2 cm³/mol. The summed E-state index contributed by atoms with van der Waals surface area (Å²) in [5, 5.41) is 8.67. The van der Waals surface area contributed by atoms with Gasteiger partial charge in [0.15, 0.2) is 0 Å². The molecule has 2 fully saturated rings. The minimum Gasteiger partial charge on any atom is -0.478 e. The second-order valence-corrected chi connectivity index (χ2v) is 6.06. The third-order valence-electron chi connectivity index (χ3n) is 4.58. The molecule has 1 aromatic carbocycles. The minimum atomic E-state index is -0.900. The molecule has 20 heavy (non-hydrogen) atoms. The fourth-order valence-electron chi connectivity index (χ4n) is 3.68. The Hall–Kier alpha value is -1.61. The van der Waals surface area contributed by atoms with Crippen LogP contribution in [0.2, 0.25) is 0 Å². The molecule has 0 aromatic heterocycles. The van der Waals surface area contributed by atoms with Crippen LogP contribution in [0.3, 0.4) is 0 Å². The number of aliphatic carboxylic acids is 1. The molecule has 1 N–H and O–H groups in total. The molecule has 1 heterocycles. The number of carboxylic acid groups (broad SMARTS) is 1. The third kappa shape index (κ3) is 3.10. The summed E-state index contributed by atoms with van der Waals surface area (Å²) in [5.74, 6) is 0.943. The van der Waals surface area contributed by atoms with Gasteiger partial charge in [0.05, 0.1) is 0 Å². The number of likely N-dealkylation sites (tertiary alicyclic amines) is 1. The lowest BCUT2D eigenvalue weighted by Gasteiger charge is -2.17. The molecule has 106 valence electrons. The second-order valence-electron chi connectivity index (χ2n) is 6.06. The van der Waals surface area contributed by atoms with Crippen LogP contribution < -0.4 is 0 Å². The zero-order valence-electron chi connectivity index (χ0n) is 11.7. The maximum absolute atomic E-state index is 10.6. The summed E-state index contributed by atoms with van der Waals surface area (Å²) >= 11 is 0. The number of benzene rings is 1. The lowest BCUT2D eigenvalue weighted by atomic mass is 10.0. The summed E-state index contributed by atoms with van der Waals surface area (Å²) in [4.78, 5) is 13.1. The molecule has 3 rings (SSSR count). The quantitative estimate of drug-likeness (QED) is 0.856. The molecule has 1 aliphatic carbocycles. The van der Waals surface area contributed by atoms with Gasteiger partial charge >= 0.3 is 5.97 Å². The Bertz CT molecular complexity index is 511. The van der Waals surface area contributed by atoms with Crippen molar-refractivity contribution in [1.82, 2.24) is 4.90 Å². The molecule has 1 saturated carbocycles. The Morgan fingerprint density at radius 2 is 2.05 bits per heavy atom. The number of carboxylic acids is 1. The van der Waals surface area contributed by atoms with Crippen molar-refractivity contribution in [2.24, 2.45) is 11.8 Å². The van der Waals surface area contributed by atoms with Crippen LogP contribution in [0.4, 0.5) is 0 Å². The molecule has 0 amide bonds. The Kier molecular flexibility index (Phi) is 3.88. The molecular formula is C17H21NO2. The second kappa shape index (κ2) is 5.80. The molecule has 1 aliphatic heterocycles. The maximum Gasteiger partial charge on any atom is 0.328 e. The van der Waals surface area contributed by atoms with Crippen molar-refractivity contribution in [3.8, 4) is 0 Å². The Morgan fingerprint density at radius 3 is 2.75 bits per heavy atom. The highest BCUT2D eigenvalue weighted by Crippen LogP contribution is 2.38. The molecular weight excluding hydrogens is 250 g/mol. The first-order chi connectivity index (χ1) is 9.70. The first kappa shape index (κ1) is 13.4. The van der Waals surface area contributed by atoms with Crippen LogP contribution in [0.5, 0.6) is 0 Å². The molecule has 2 aliphatic rings. The van der Waals surface area contributed by atoms with Gasteiger partial charge in [0.25, 0.3) is 0 Å². The number of rotatable bonds is 4. The van der Waals surface area contributed by atoms with Gasteiger partial charge in [-0.15, -0.1) is 0 Å². The van der Waals surface area contributed by atoms with Crippen molar-refractivity contribution in [2.45, 2.75) is 25.8 Å². The lowest BCUT2D eigenvalue weighted by Crippen LogP contribution is -2.21. The highest BCUT2D eigenvalue weighted by atomic mass is 16.4. The zero-order chi connectivity index (χ0) is 13.9. The van der Waals surface area contributed by atoms with E-state index in [-0.39, 0.29) is 0 Å². The van der Waals surface area contributed by atoms with Gasteiger partial charge in [0, 0.05) is 25.7 Å². The highest BCUT2D eigenvalue weighted by Gasteiger charge is 2.35. The molecule has 1 saturated heterocycles. The fraction of sp³-hybridized carbons (Fsp3) is 0.471. The number of hydrogen-bond acceptors (Lipinski definition) is 2. The summed E-state index contributed by atoms with van der Waals surface area (Å²) in [6.07, 6.45) is 7.08. The van der Waals surface area contributed by atoms with Gasteiger partial charge in [-0.2, -0.15) is 0 Å². The number of carbonyl (C=O) groups is 1. The molecule has 1 aromatic rings. The van der Waals surface area contributed by atoms with Crippen LogP contribution in [-0.4, -0.2) is 29.1 Å². The minimum absolute atomic E-state index is 0.900. The fourth-order valence-corrected chi connectivity index (χ4v) is 3.68. The van der Waals surface area contributed by atoms with Crippen LogP contribution in [-0.2, 0) is 11.3 Å². The molecule has 3 heteroatoms. The monoisotopic (exact) mass is 271 g/mol. The Balaban J connectivity index is 1.63. The summed E-state index contributed by atoms with van der Waals surface area (Å²) in [6.45, 7) is 3.46. The van der Waals surface area contributed by atoms with Gasteiger partial charge in [0.2, 0.25) is 0 Å². The number of nitrogens with zero attached hydrogens (tertiary/aromatic N) is 1. The SMILES string of the molecule is O=C(O)/C=C/c1cccc(CN2CC3CCCC3C2)c1. The zero-order valence-corrected chi connectivity index (χ0v) is 11.7. The van der Waals surface area contributed by atoms with E-state index in [1.165, 1.54) is 44.0 Å². The molecule has 2 unspecified atom stereocenters. The van der Waals surface area contributed by atoms with Crippen molar-refractivity contribution in [2.75, 3.05) is 13.1 Å². The van der Waals surface area contributed by atoms with Crippen molar-refractivity contribution >= 4 is 12.0 Å². The van der Waals surface area contributed by atoms with Crippen LogP contribution in [0.15, 0.2) is 30.3 Å². The van der Waals surface area contributed by atoms with Crippen molar-refractivity contribution < 1.29 is 9.90 Å². The van der Waals surface area contributed by atoms with Gasteiger partial charge in [-0.25, -0.2) is 4.79 Å². The van der Waals surface area contributed by atoms with Crippen LogP contribution >= 0.6 is 0 Å². The van der Waals surface area contributed by atoms with E-state index >= 15 is 0 Å². The molecule has 0 radical (unpaired) electrons.